The second-order valence-corrected chi connectivity index (χ2v) is 7.37. The first-order valence-corrected chi connectivity index (χ1v) is 8.30. The lowest BCUT2D eigenvalue weighted by Crippen LogP contribution is -2.32. The van der Waals surface area contributed by atoms with E-state index in [0.29, 0.717) is 12.6 Å². The minimum atomic E-state index is 0.0559. The van der Waals surface area contributed by atoms with Gasteiger partial charge in [0.1, 0.15) is 0 Å². The van der Waals surface area contributed by atoms with Crippen LogP contribution in [0.1, 0.15) is 19.3 Å². The lowest BCUT2D eigenvalue weighted by atomic mass is 10.0. The highest BCUT2D eigenvalue weighted by Crippen LogP contribution is 2.65. The van der Waals surface area contributed by atoms with E-state index in [1.165, 1.54) is 19.3 Å². The van der Waals surface area contributed by atoms with E-state index in [0.717, 1.165) is 33.8 Å². The Morgan fingerprint density at radius 3 is 2.70 bits per heavy atom. The second-order valence-electron chi connectivity index (χ2n) is 6.45. The molecule has 0 saturated heterocycles. The summed E-state index contributed by atoms with van der Waals surface area (Å²) in [6, 6.07) is 8.33. The summed E-state index contributed by atoms with van der Waals surface area (Å²) in [5.74, 6) is 3.73. The Kier molecular flexibility index (Phi) is 3.11. The average Bonchev–Trinajstić information content (AvgIpc) is 2.80. The van der Waals surface area contributed by atoms with Crippen LogP contribution in [0.15, 0.2) is 28.7 Å². The molecular formula is C16H19BrN2O. The van der Waals surface area contributed by atoms with Gasteiger partial charge in [-0.05, 0) is 61.1 Å². The van der Waals surface area contributed by atoms with Crippen molar-refractivity contribution in [3.63, 3.8) is 0 Å². The van der Waals surface area contributed by atoms with Gasteiger partial charge in [0.05, 0.1) is 6.54 Å². The molecule has 1 aromatic rings. The summed E-state index contributed by atoms with van der Waals surface area (Å²) in [6.45, 7) is 0.434. The molecule has 3 aliphatic rings. The van der Waals surface area contributed by atoms with Crippen LogP contribution < -0.4 is 10.6 Å². The lowest BCUT2D eigenvalue weighted by molar-refractivity contribution is -0.115. The summed E-state index contributed by atoms with van der Waals surface area (Å²) in [6.07, 6.45) is 4.31. The van der Waals surface area contributed by atoms with E-state index >= 15 is 0 Å². The molecule has 0 aromatic heterocycles. The van der Waals surface area contributed by atoms with E-state index in [9.17, 15) is 4.79 Å². The average molecular weight is 335 g/mol. The number of rotatable bonds is 4. The molecule has 1 amide bonds. The topological polar surface area (TPSA) is 41.1 Å². The summed E-state index contributed by atoms with van der Waals surface area (Å²) < 4.78 is 0.983. The number of halogens is 1. The van der Waals surface area contributed by atoms with E-state index in [1.54, 1.807) is 0 Å². The highest BCUT2D eigenvalue weighted by molar-refractivity contribution is 9.10. The minimum absolute atomic E-state index is 0.0559. The number of hydrogen-bond donors (Lipinski definition) is 2. The van der Waals surface area contributed by atoms with Crippen LogP contribution >= 0.6 is 15.9 Å². The zero-order valence-corrected chi connectivity index (χ0v) is 12.9. The van der Waals surface area contributed by atoms with Crippen LogP contribution in [0.25, 0.3) is 0 Å². The fraction of sp³-hybridized carbons (Fsp3) is 0.562. The van der Waals surface area contributed by atoms with E-state index in [4.69, 9.17) is 0 Å². The standard InChI is InChI=1S/C16H19BrN2O/c17-11-2-1-3-12(7-11)19-13(20)8-18-16-14-9-4-5-10(6-9)15(14)16/h1-3,7,9-10,14-16,18H,4-6,8H2,(H,19,20). The zero-order chi connectivity index (χ0) is 13.7. The van der Waals surface area contributed by atoms with Gasteiger partial charge in [0, 0.05) is 16.2 Å². The van der Waals surface area contributed by atoms with Crippen molar-refractivity contribution < 1.29 is 4.79 Å². The van der Waals surface area contributed by atoms with E-state index in [-0.39, 0.29) is 5.91 Å². The molecule has 4 atom stereocenters. The van der Waals surface area contributed by atoms with Crippen molar-refractivity contribution in [2.75, 3.05) is 11.9 Å². The maximum absolute atomic E-state index is 12.0. The summed E-state index contributed by atoms with van der Waals surface area (Å²) in [5.41, 5.74) is 0.849. The molecule has 106 valence electrons. The van der Waals surface area contributed by atoms with Gasteiger partial charge < -0.3 is 10.6 Å². The van der Waals surface area contributed by atoms with Crippen molar-refractivity contribution in [1.82, 2.24) is 5.32 Å². The summed E-state index contributed by atoms with van der Waals surface area (Å²) in [7, 11) is 0. The molecule has 3 fully saturated rings. The van der Waals surface area contributed by atoms with Crippen molar-refractivity contribution in [3.05, 3.63) is 28.7 Å². The van der Waals surface area contributed by atoms with Gasteiger partial charge in [-0.3, -0.25) is 4.79 Å². The number of amides is 1. The number of nitrogens with one attached hydrogen (secondary N) is 2. The highest BCUT2D eigenvalue weighted by atomic mass is 79.9. The molecule has 4 unspecified atom stereocenters. The Hall–Kier alpha value is -0.870. The predicted octanol–water partition coefficient (Wildman–Crippen LogP) is 3.02. The fourth-order valence-electron chi connectivity index (χ4n) is 4.58. The predicted molar refractivity (Wildman–Crippen MR) is 82.4 cm³/mol. The molecular weight excluding hydrogens is 316 g/mol. The summed E-state index contributed by atoms with van der Waals surface area (Å²) in [4.78, 5) is 12.0. The van der Waals surface area contributed by atoms with Crippen LogP contribution in [0.2, 0.25) is 0 Å². The lowest BCUT2D eigenvalue weighted by Gasteiger charge is -2.11. The van der Waals surface area contributed by atoms with Gasteiger partial charge in [-0.25, -0.2) is 0 Å². The van der Waals surface area contributed by atoms with E-state index in [1.807, 2.05) is 24.3 Å². The van der Waals surface area contributed by atoms with Crippen molar-refractivity contribution in [2.24, 2.45) is 23.7 Å². The molecule has 0 radical (unpaired) electrons. The van der Waals surface area contributed by atoms with Crippen LogP contribution in [0.3, 0.4) is 0 Å². The van der Waals surface area contributed by atoms with Gasteiger partial charge in [-0.1, -0.05) is 22.0 Å². The third kappa shape index (κ3) is 2.19. The first kappa shape index (κ1) is 12.8. The van der Waals surface area contributed by atoms with Gasteiger partial charge in [-0.2, -0.15) is 0 Å². The largest absolute Gasteiger partial charge is 0.325 e. The van der Waals surface area contributed by atoms with E-state index < -0.39 is 0 Å². The molecule has 0 aliphatic heterocycles. The Morgan fingerprint density at radius 2 is 2.00 bits per heavy atom. The number of carbonyl (C=O) groups excluding carboxylic acids is 1. The van der Waals surface area contributed by atoms with Crippen LogP contribution in [-0.4, -0.2) is 18.5 Å². The third-order valence-electron chi connectivity index (χ3n) is 5.34. The second kappa shape index (κ2) is 4.85. The quantitative estimate of drug-likeness (QED) is 0.888. The van der Waals surface area contributed by atoms with Gasteiger partial charge in [0.15, 0.2) is 0 Å². The van der Waals surface area contributed by atoms with Crippen molar-refractivity contribution in [3.8, 4) is 0 Å². The molecule has 0 heterocycles. The highest BCUT2D eigenvalue weighted by Gasteiger charge is 2.64. The Bertz CT molecular complexity index is 531. The molecule has 2 bridgehead atoms. The number of benzene rings is 1. The van der Waals surface area contributed by atoms with Crippen LogP contribution in [0, 0.1) is 23.7 Å². The molecule has 3 saturated carbocycles. The molecule has 20 heavy (non-hydrogen) atoms. The third-order valence-corrected chi connectivity index (χ3v) is 5.84. The Labute approximate surface area is 127 Å². The summed E-state index contributed by atoms with van der Waals surface area (Å²) in [5, 5.41) is 6.41. The van der Waals surface area contributed by atoms with Crippen LogP contribution in [-0.2, 0) is 4.79 Å². The number of anilines is 1. The maximum atomic E-state index is 12.0. The number of carbonyl (C=O) groups is 1. The Balaban J connectivity index is 1.27. The van der Waals surface area contributed by atoms with Gasteiger partial charge in [0.2, 0.25) is 5.91 Å². The molecule has 3 nitrogen and oxygen atoms in total. The maximum Gasteiger partial charge on any atom is 0.238 e. The van der Waals surface area contributed by atoms with Crippen LogP contribution in [0.5, 0.6) is 0 Å². The molecule has 2 N–H and O–H groups in total. The van der Waals surface area contributed by atoms with Crippen LogP contribution in [0.4, 0.5) is 5.69 Å². The SMILES string of the molecule is O=C(CNC1C2C3CCC(C3)C12)Nc1cccc(Br)c1. The zero-order valence-electron chi connectivity index (χ0n) is 11.3. The normalized spacial score (nSPS) is 36.8. The molecule has 0 spiro atoms. The van der Waals surface area contributed by atoms with Gasteiger partial charge in [-0.15, -0.1) is 0 Å². The Morgan fingerprint density at radius 1 is 1.25 bits per heavy atom. The monoisotopic (exact) mass is 334 g/mol. The first-order chi connectivity index (χ1) is 9.72. The number of hydrogen-bond acceptors (Lipinski definition) is 2. The van der Waals surface area contributed by atoms with Gasteiger partial charge >= 0.3 is 0 Å². The van der Waals surface area contributed by atoms with E-state index in [2.05, 4.69) is 26.6 Å². The molecule has 4 rings (SSSR count). The first-order valence-electron chi connectivity index (χ1n) is 7.51. The fourth-order valence-corrected chi connectivity index (χ4v) is 4.98. The summed E-state index contributed by atoms with van der Waals surface area (Å²) >= 11 is 3.41. The molecule has 4 heteroatoms. The number of fused-ring (bicyclic) bond motifs is 5. The van der Waals surface area contributed by atoms with Crippen molar-refractivity contribution >= 4 is 27.5 Å². The van der Waals surface area contributed by atoms with Crippen molar-refractivity contribution in [2.45, 2.75) is 25.3 Å². The smallest absolute Gasteiger partial charge is 0.238 e. The molecule has 3 aliphatic carbocycles. The molecule has 1 aromatic carbocycles. The minimum Gasteiger partial charge on any atom is -0.325 e. The van der Waals surface area contributed by atoms with Crippen molar-refractivity contribution in [1.29, 1.82) is 0 Å². The van der Waals surface area contributed by atoms with Gasteiger partial charge in [0.25, 0.3) is 0 Å².